The molecule has 0 saturated carbocycles. The maximum Gasteiger partial charge on any atom is 0.260 e. The van der Waals surface area contributed by atoms with Crippen LogP contribution in [0.3, 0.4) is 0 Å². The lowest BCUT2D eigenvalue weighted by atomic mass is 9.98. The van der Waals surface area contributed by atoms with Crippen LogP contribution in [0.4, 0.5) is 0 Å². The molecule has 1 heterocycles. The number of halogens is 1. The van der Waals surface area contributed by atoms with E-state index in [1.807, 2.05) is 37.9 Å². The number of hydrogen-bond acceptors (Lipinski definition) is 3. The number of nitrogens with one attached hydrogen (secondary N) is 1. The Morgan fingerprint density at radius 2 is 2.18 bits per heavy atom. The van der Waals surface area contributed by atoms with Gasteiger partial charge in [-0.15, -0.1) is 12.4 Å². The number of hydrogen-bond donors (Lipinski definition) is 1. The predicted molar refractivity (Wildman–Crippen MR) is 91.9 cm³/mol. The maximum atomic E-state index is 12.3. The Morgan fingerprint density at radius 1 is 1.41 bits per heavy atom. The molecule has 4 nitrogen and oxygen atoms in total. The molecule has 0 aromatic heterocycles. The molecule has 1 atom stereocenters. The minimum atomic E-state index is 0. The molecule has 1 aromatic rings. The Kier molecular flexibility index (Phi) is 7.69. The van der Waals surface area contributed by atoms with Gasteiger partial charge in [0.15, 0.2) is 6.61 Å². The lowest BCUT2D eigenvalue weighted by Gasteiger charge is -2.32. The number of carbonyl (C=O) groups is 1. The minimum Gasteiger partial charge on any atom is -0.483 e. The Morgan fingerprint density at radius 3 is 2.91 bits per heavy atom. The van der Waals surface area contributed by atoms with Crippen LogP contribution in [0.25, 0.3) is 0 Å². The molecule has 0 spiro atoms. The van der Waals surface area contributed by atoms with Gasteiger partial charge in [-0.1, -0.05) is 12.1 Å². The number of benzene rings is 1. The van der Waals surface area contributed by atoms with Crippen LogP contribution in [0.2, 0.25) is 0 Å². The average molecular weight is 327 g/mol. The summed E-state index contributed by atoms with van der Waals surface area (Å²) in [7, 11) is 1.96. The largest absolute Gasteiger partial charge is 0.483 e. The molecule has 0 bridgehead atoms. The second-order valence-electron chi connectivity index (χ2n) is 5.96. The zero-order chi connectivity index (χ0) is 15.2. The summed E-state index contributed by atoms with van der Waals surface area (Å²) in [5.74, 6) is 1.47. The molecule has 1 aliphatic rings. The van der Waals surface area contributed by atoms with E-state index < -0.39 is 0 Å². The summed E-state index contributed by atoms with van der Waals surface area (Å²) in [5, 5.41) is 3.20. The van der Waals surface area contributed by atoms with Crippen LogP contribution in [0, 0.1) is 19.8 Å². The second kappa shape index (κ2) is 9.01. The molecule has 1 amide bonds. The van der Waals surface area contributed by atoms with Crippen LogP contribution in [0.1, 0.15) is 24.0 Å². The summed E-state index contributed by atoms with van der Waals surface area (Å²) < 4.78 is 5.72. The van der Waals surface area contributed by atoms with Crippen molar-refractivity contribution in [3.8, 4) is 5.75 Å². The van der Waals surface area contributed by atoms with Crippen LogP contribution >= 0.6 is 12.4 Å². The van der Waals surface area contributed by atoms with E-state index in [1.54, 1.807) is 0 Å². The van der Waals surface area contributed by atoms with E-state index in [1.165, 1.54) is 6.42 Å². The molecule has 1 unspecified atom stereocenters. The van der Waals surface area contributed by atoms with Crippen molar-refractivity contribution < 1.29 is 9.53 Å². The number of piperidine rings is 1. The van der Waals surface area contributed by atoms with Gasteiger partial charge in [0, 0.05) is 13.1 Å². The first-order chi connectivity index (χ1) is 10.1. The van der Waals surface area contributed by atoms with E-state index in [2.05, 4.69) is 11.4 Å². The van der Waals surface area contributed by atoms with Crippen LogP contribution < -0.4 is 10.1 Å². The van der Waals surface area contributed by atoms with Gasteiger partial charge < -0.3 is 15.0 Å². The van der Waals surface area contributed by atoms with Crippen LogP contribution in [0.15, 0.2) is 18.2 Å². The fourth-order valence-electron chi connectivity index (χ4n) is 2.84. The molecule has 1 fully saturated rings. The quantitative estimate of drug-likeness (QED) is 0.904. The van der Waals surface area contributed by atoms with E-state index >= 15 is 0 Å². The maximum absolute atomic E-state index is 12.3. The first-order valence-electron chi connectivity index (χ1n) is 7.72. The summed E-state index contributed by atoms with van der Waals surface area (Å²) in [5.41, 5.74) is 2.22. The summed E-state index contributed by atoms with van der Waals surface area (Å²) in [4.78, 5) is 14.2. The van der Waals surface area contributed by atoms with Crippen LogP contribution in [0.5, 0.6) is 5.75 Å². The van der Waals surface area contributed by atoms with Crippen LogP contribution in [-0.4, -0.2) is 44.1 Å². The normalized spacial score (nSPS) is 17.8. The van der Waals surface area contributed by atoms with Crippen molar-refractivity contribution in [1.29, 1.82) is 0 Å². The first-order valence-corrected chi connectivity index (χ1v) is 7.72. The van der Waals surface area contributed by atoms with Crippen molar-refractivity contribution in [2.24, 2.45) is 5.92 Å². The van der Waals surface area contributed by atoms with Gasteiger partial charge in [0.2, 0.25) is 0 Å². The summed E-state index contributed by atoms with van der Waals surface area (Å²) >= 11 is 0. The minimum absolute atomic E-state index is 0. The van der Waals surface area contributed by atoms with Crippen molar-refractivity contribution in [3.63, 3.8) is 0 Å². The predicted octanol–water partition coefficient (Wildman–Crippen LogP) is 2.56. The van der Waals surface area contributed by atoms with Crippen molar-refractivity contribution in [1.82, 2.24) is 10.2 Å². The summed E-state index contributed by atoms with van der Waals surface area (Å²) in [6, 6.07) is 6.07. The molecule has 22 heavy (non-hydrogen) atoms. The Labute approximate surface area is 139 Å². The highest BCUT2D eigenvalue weighted by Gasteiger charge is 2.23. The highest BCUT2D eigenvalue weighted by molar-refractivity contribution is 5.85. The number of ether oxygens (including phenoxy) is 1. The fraction of sp³-hybridized carbons (Fsp3) is 0.588. The van der Waals surface area contributed by atoms with Crippen molar-refractivity contribution in [3.05, 3.63) is 29.3 Å². The van der Waals surface area contributed by atoms with E-state index in [0.717, 1.165) is 42.9 Å². The lowest BCUT2D eigenvalue weighted by molar-refractivity contribution is -0.135. The van der Waals surface area contributed by atoms with E-state index in [0.29, 0.717) is 5.92 Å². The van der Waals surface area contributed by atoms with Gasteiger partial charge >= 0.3 is 0 Å². The number of amides is 1. The molecule has 1 N–H and O–H groups in total. The Hall–Kier alpha value is -1.26. The topological polar surface area (TPSA) is 41.6 Å². The summed E-state index contributed by atoms with van der Waals surface area (Å²) in [6.45, 7) is 6.84. The molecule has 0 aliphatic carbocycles. The SMILES string of the molecule is CNCC1CCCN(C(=O)COc2cc(C)ccc2C)C1.Cl. The second-order valence-corrected chi connectivity index (χ2v) is 5.96. The smallest absolute Gasteiger partial charge is 0.260 e. The van der Waals surface area contributed by atoms with Gasteiger partial charge in [0.1, 0.15) is 5.75 Å². The fourth-order valence-corrected chi connectivity index (χ4v) is 2.84. The Balaban J connectivity index is 0.00000242. The van der Waals surface area contributed by atoms with Gasteiger partial charge in [0.25, 0.3) is 5.91 Å². The van der Waals surface area contributed by atoms with Gasteiger partial charge in [-0.2, -0.15) is 0 Å². The molecule has 1 saturated heterocycles. The number of aryl methyl sites for hydroxylation is 2. The van der Waals surface area contributed by atoms with Gasteiger partial charge in [-0.3, -0.25) is 4.79 Å². The highest BCUT2D eigenvalue weighted by Crippen LogP contribution is 2.20. The third-order valence-corrected chi connectivity index (χ3v) is 4.06. The lowest BCUT2D eigenvalue weighted by Crippen LogP contribution is -2.44. The number of likely N-dealkylation sites (tertiary alicyclic amines) is 1. The number of rotatable bonds is 5. The zero-order valence-electron chi connectivity index (χ0n) is 13.7. The molecule has 1 aliphatic heterocycles. The van der Waals surface area contributed by atoms with Crippen molar-refractivity contribution in [2.45, 2.75) is 26.7 Å². The molecule has 124 valence electrons. The molecule has 1 aromatic carbocycles. The molecular weight excluding hydrogens is 300 g/mol. The van der Waals surface area contributed by atoms with E-state index in [9.17, 15) is 4.79 Å². The summed E-state index contributed by atoms with van der Waals surface area (Å²) in [6.07, 6.45) is 2.28. The molecule has 2 rings (SSSR count). The van der Waals surface area contributed by atoms with E-state index in [4.69, 9.17) is 4.74 Å². The first kappa shape index (κ1) is 18.8. The van der Waals surface area contributed by atoms with Gasteiger partial charge in [-0.25, -0.2) is 0 Å². The molecule has 5 heteroatoms. The number of carbonyl (C=O) groups excluding carboxylic acids is 1. The van der Waals surface area contributed by atoms with E-state index in [-0.39, 0.29) is 24.9 Å². The average Bonchev–Trinajstić information content (AvgIpc) is 2.48. The van der Waals surface area contributed by atoms with Gasteiger partial charge in [-0.05, 0) is 63.4 Å². The monoisotopic (exact) mass is 326 g/mol. The number of nitrogens with zero attached hydrogens (tertiary/aromatic N) is 1. The third-order valence-electron chi connectivity index (χ3n) is 4.06. The molecule has 0 radical (unpaired) electrons. The Bertz CT molecular complexity index is 492. The van der Waals surface area contributed by atoms with Crippen LogP contribution in [-0.2, 0) is 4.79 Å². The standard InChI is InChI=1S/C17H26N2O2.ClH/c1-13-6-7-14(2)16(9-13)21-12-17(20)19-8-4-5-15(11-19)10-18-3;/h6-7,9,15,18H,4-5,8,10-12H2,1-3H3;1H. The van der Waals surface area contributed by atoms with Crippen molar-refractivity contribution in [2.75, 3.05) is 33.3 Å². The van der Waals surface area contributed by atoms with Gasteiger partial charge in [0.05, 0.1) is 0 Å². The molecular formula is C17H27ClN2O2. The van der Waals surface area contributed by atoms with Crippen molar-refractivity contribution >= 4 is 18.3 Å². The zero-order valence-corrected chi connectivity index (χ0v) is 14.5. The third kappa shape index (κ3) is 5.18. The highest BCUT2D eigenvalue weighted by atomic mass is 35.5.